The van der Waals surface area contributed by atoms with E-state index in [-0.39, 0.29) is 11.9 Å². The fourth-order valence-electron chi connectivity index (χ4n) is 3.95. The molecule has 0 bridgehead atoms. The minimum atomic E-state index is -0.597. The van der Waals surface area contributed by atoms with Crippen LogP contribution in [0.15, 0.2) is 42.0 Å². The van der Waals surface area contributed by atoms with Crippen molar-refractivity contribution >= 4 is 5.97 Å². The highest BCUT2D eigenvalue weighted by molar-refractivity contribution is 5.78. The Morgan fingerprint density at radius 3 is 2.65 bits per heavy atom. The number of rotatable bonds is 3. The third-order valence-corrected chi connectivity index (χ3v) is 4.78. The second-order valence-corrected chi connectivity index (χ2v) is 5.55. The second-order valence-electron chi connectivity index (χ2n) is 5.55. The summed E-state index contributed by atoms with van der Waals surface area (Å²) in [7, 11) is 3.15. The number of hydrogen-bond donors (Lipinski definition) is 0. The van der Waals surface area contributed by atoms with Crippen molar-refractivity contribution in [3.05, 3.63) is 47.5 Å². The number of carbonyl (C=O) groups excluding carboxylic acids is 1. The molecule has 20 heavy (non-hydrogen) atoms. The highest BCUT2D eigenvalue weighted by Crippen LogP contribution is 2.56. The molecule has 1 fully saturated rings. The molecule has 0 heterocycles. The Morgan fingerprint density at radius 2 is 2.00 bits per heavy atom. The van der Waals surface area contributed by atoms with E-state index in [4.69, 9.17) is 9.47 Å². The first-order chi connectivity index (χ1) is 9.74. The van der Waals surface area contributed by atoms with E-state index in [1.807, 2.05) is 18.2 Å². The summed E-state index contributed by atoms with van der Waals surface area (Å²) >= 11 is 0. The van der Waals surface area contributed by atoms with Crippen LogP contribution in [-0.2, 0) is 19.9 Å². The van der Waals surface area contributed by atoms with Gasteiger partial charge in [0.05, 0.1) is 7.11 Å². The van der Waals surface area contributed by atoms with Crippen LogP contribution in [0.1, 0.15) is 24.8 Å². The van der Waals surface area contributed by atoms with Crippen molar-refractivity contribution < 1.29 is 14.3 Å². The van der Waals surface area contributed by atoms with Crippen molar-refractivity contribution in [1.82, 2.24) is 0 Å². The van der Waals surface area contributed by atoms with Crippen molar-refractivity contribution in [2.75, 3.05) is 14.2 Å². The van der Waals surface area contributed by atoms with E-state index in [0.717, 1.165) is 18.4 Å². The SMILES string of the molecule is COC(=O)[C@@H]1C=C2CCC[C@@H]2[C@]1(OC)c1ccccc1. The number of carbonyl (C=O) groups is 1. The van der Waals surface area contributed by atoms with Crippen LogP contribution >= 0.6 is 0 Å². The Labute approximate surface area is 119 Å². The fourth-order valence-corrected chi connectivity index (χ4v) is 3.95. The molecule has 1 saturated carbocycles. The van der Waals surface area contributed by atoms with Crippen LogP contribution in [0, 0.1) is 11.8 Å². The molecule has 0 aliphatic heterocycles. The van der Waals surface area contributed by atoms with E-state index >= 15 is 0 Å². The molecule has 0 amide bonds. The molecule has 0 saturated heterocycles. The third-order valence-electron chi connectivity index (χ3n) is 4.78. The van der Waals surface area contributed by atoms with Crippen LogP contribution in [0.25, 0.3) is 0 Å². The van der Waals surface area contributed by atoms with Gasteiger partial charge in [0.25, 0.3) is 0 Å². The summed E-state index contributed by atoms with van der Waals surface area (Å²) in [6.07, 6.45) is 5.39. The lowest BCUT2D eigenvalue weighted by Crippen LogP contribution is -2.43. The standard InChI is InChI=1S/C17H20O3/c1-19-16(18)15-11-12-7-6-10-14(12)17(15,20-2)13-8-4-3-5-9-13/h3-5,8-9,11,14-15H,6-7,10H2,1-2H3/t14-,15-,17+/m0/s1. The van der Waals surface area contributed by atoms with E-state index in [2.05, 4.69) is 18.2 Å². The number of benzene rings is 1. The van der Waals surface area contributed by atoms with Crippen LogP contribution in [-0.4, -0.2) is 20.2 Å². The topological polar surface area (TPSA) is 35.5 Å². The normalized spacial score (nSPS) is 31.8. The lowest BCUT2D eigenvalue weighted by molar-refractivity contribution is -0.158. The van der Waals surface area contributed by atoms with Crippen LogP contribution in [0.3, 0.4) is 0 Å². The Morgan fingerprint density at radius 1 is 1.25 bits per heavy atom. The molecule has 0 spiro atoms. The highest BCUT2D eigenvalue weighted by atomic mass is 16.5. The highest BCUT2D eigenvalue weighted by Gasteiger charge is 2.56. The maximum Gasteiger partial charge on any atom is 0.315 e. The maximum atomic E-state index is 12.2. The third kappa shape index (κ3) is 1.73. The number of fused-ring (bicyclic) bond motifs is 1. The van der Waals surface area contributed by atoms with Gasteiger partial charge in [-0.2, -0.15) is 0 Å². The van der Waals surface area contributed by atoms with Gasteiger partial charge in [0.2, 0.25) is 0 Å². The first kappa shape index (κ1) is 13.4. The zero-order chi connectivity index (χ0) is 14.2. The zero-order valence-electron chi connectivity index (χ0n) is 12.0. The number of ether oxygens (including phenoxy) is 2. The van der Waals surface area contributed by atoms with Crippen LogP contribution in [0.2, 0.25) is 0 Å². The van der Waals surface area contributed by atoms with E-state index in [1.54, 1.807) is 7.11 Å². The predicted octanol–water partition coefficient (Wildman–Crippen LogP) is 3.06. The number of esters is 1. The first-order valence-corrected chi connectivity index (χ1v) is 7.13. The van der Waals surface area contributed by atoms with Gasteiger partial charge in [-0.25, -0.2) is 0 Å². The maximum absolute atomic E-state index is 12.2. The summed E-state index contributed by atoms with van der Waals surface area (Å²) in [4.78, 5) is 12.2. The molecular formula is C17H20O3. The average molecular weight is 272 g/mol. The summed E-state index contributed by atoms with van der Waals surface area (Å²) in [6, 6.07) is 10.1. The van der Waals surface area contributed by atoms with E-state index in [9.17, 15) is 4.79 Å². The van der Waals surface area contributed by atoms with Gasteiger partial charge in [-0.05, 0) is 24.8 Å². The summed E-state index contributed by atoms with van der Waals surface area (Å²) in [5, 5.41) is 0. The number of methoxy groups -OCH3 is 2. The molecule has 0 radical (unpaired) electrons. The molecule has 0 aromatic heterocycles. The van der Waals surface area contributed by atoms with E-state index in [1.165, 1.54) is 19.1 Å². The molecule has 106 valence electrons. The van der Waals surface area contributed by atoms with Gasteiger partial charge >= 0.3 is 5.97 Å². The largest absolute Gasteiger partial charge is 0.468 e. The lowest BCUT2D eigenvalue weighted by Gasteiger charge is -2.38. The van der Waals surface area contributed by atoms with Crippen LogP contribution < -0.4 is 0 Å². The van der Waals surface area contributed by atoms with Crippen molar-refractivity contribution in [1.29, 1.82) is 0 Å². The Hall–Kier alpha value is -1.61. The van der Waals surface area contributed by atoms with Gasteiger partial charge in [0.15, 0.2) is 0 Å². The fraction of sp³-hybridized carbons (Fsp3) is 0.471. The lowest BCUT2D eigenvalue weighted by atomic mass is 9.75. The minimum absolute atomic E-state index is 0.211. The van der Waals surface area contributed by atoms with Gasteiger partial charge in [0.1, 0.15) is 11.5 Å². The van der Waals surface area contributed by atoms with Gasteiger partial charge < -0.3 is 9.47 Å². The second kappa shape index (κ2) is 5.06. The Bertz CT molecular complexity index is 534. The molecule has 3 nitrogen and oxygen atoms in total. The first-order valence-electron chi connectivity index (χ1n) is 7.13. The molecule has 2 aliphatic rings. The van der Waals surface area contributed by atoms with Gasteiger partial charge in [-0.3, -0.25) is 4.79 Å². The molecular weight excluding hydrogens is 252 g/mol. The summed E-state index contributed by atoms with van der Waals surface area (Å²) in [5.41, 5.74) is 1.82. The molecule has 3 rings (SSSR count). The average Bonchev–Trinajstić information content (AvgIpc) is 3.07. The number of hydrogen-bond acceptors (Lipinski definition) is 3. The van der Waals surface area contributed by atoms with Gasteiger partial charge in [-0.1, -0.05) is 42.0 Å². The van der Waals surface area contributed by atoms with Crippen LogP contribution in [0.4, 0.5) is 0 Å². The molecule has 0 N–H and O–H groups in total. The van der Waals surface area contributed by atoms with Crippen LogP contribution in [0.5, 0.6) is 0 Å². The van der Waals surface area contributed by atoms with E-state index in [0.29, 0.717) is 5.92 Å². The monoisotopic (exact) mass is 272 g/mol. The van der Waals surface area contributed by atoms with Crippen molar-refractivity contribution in [3.8, 4) is 0 Å². The summed E-state index contributed by atoms with van der Waals surface area (Å²) in [5.74, 6) is -0.267. The molecule has 3 atom stereocenters. The van der Waals surface area contributed by atoms with Crippen molar-refractivity contribution in [2.24, 2.45) is 11.8 Å². The quantitative estimate of drug-likeness (QED) is 0.626. The summed E-state index contributed by atoms with van der Waals surface area (Å²) in [6.45, 7) is 0. The zero-order valence-corrected chi connectivity index (χ0v) is 12.0. The van der Waals surface area contributed by atoms with Crippen molar-refractivity contribution in [2.45, 2.75) is 24.9 Å². The van der Waals surface area contributed by atoms with E-state index < -0.39 is 5.60 Å². The van der Waals surface area contributed by atoms with Gasteiger partial charge in [0, 0.05) is 13.0 Å². The molecule has 0 unspecified atom stereocenters. The molecule has 1 aromatic carbocycles. The summed E-state index contributed by atoms with van der Waals surface area (Å²) < 4.78 is 11.0. The van der Waals surface area contributed by atoms with Crippen molar-refractivity contribution in [3.63, 3.8) is 0 Å². The Balaban J connectivity index is 2.13. The molecule has 3 heteroatoms. The molecule has 2 aliphatic carbocycles. The predicted molar refractivity (Wildman–Crippen MR) is 76.1 cm³/mol. The molecule has 1 aromatic rings. The minimum Gasteiger partial charge on any atom is -0.468 e. The smallest absolute Gasteiger partial charge is 0.315 e. The Kier molecular flexibility index (Phi) is 3.38. The van der Waals surface area contributed by atoms with Gasteiger partial charge in [-0.15, -0.1) is 0 Å².